The van der Waals surface area contributed by atoms with E-state index in [0.29, 0.717) is 32.7 Å². The normalized spacial score (nSPS) is 30.6. The molecule has 0 aromatic carbocycles. The second-order valence-electron chi connectivity index (χ2n) is 6.77. The number of hydrogen-bond donors (Lipinski definition) is 1. The summed E-state index contributed by atoms with van der Waals surface area (Å²) in [6.07, 6.45) is -2.32. The van der Waals surface area contributed by atoms with E-state index >= 15 is 0 Å². The van der Waals surface area contributed by atoms with Gasteiger partial charge in [-0.2, -0.15) is 18.2 Å². The van der Waals surface area contributed by atoms with E-state index < -0.39 is 17.6 Å². The zero-order valence-electron chi connectivity index (χ0n) is 13.6. The molecule has 0 bridgehead atoms. The van der Waals surface area contributed by atoms with Gasteiger partial charge in [0.15, 0.2) is 0 Å². The summed E-state index contributed by atoms with van der Waals surface area (Å²) in [4.78, 5) is 5.35. The van der Waals surface area contributed by atoms with Crippen molar-refractivity contribution in [2.24, 2.45) is 11.8 Å². The average Bonchev–Trinajstić information content (AvgIpc) is 3.01. The van der Waals surface area contributed by atoms with Crippen LogP contribution >= 0.6 is 0 Å². The van der Waals surface area contributed by atoms with Crippen molar-refractivity contribution < 1.29 is 27.5 Å². The number of piperidine rings is 1. The van der Waals surface area contributed by atoms with Crippen molar-refractivity contribution >= 4 is 0 Å². The van der Waals surface area contributed by atoms with E-state index in [1.54, 1.807) is 0 Å². The van der Waals surface area contributed by atoms with Crippen LogP contribution in [0, 0.1) is 11.8 Å². The van der Waals surface area contributed by atoms with E-state index in [9.17, 15) is 18.3 Å². The summed E-state index contributed by atoms with van der Waals surface area (Å²) in [6.45, 7) is 4.66. The first kappa shape index (κ1) is 17.6. The lowest BCUT2D eigenvalue weighted by atomic mass is 9.70. The lowest BCUT2D eigenvalue weighted by molar-refractivity contribution is -0.146. The second kappa shape index (κ2) is 6.61. The largest absolute Gasteiger partial charge is 0.455 e. The van der Waals surface area contributed by atoms with Gasteiger partial charge >= 0.3 is 6.18 Å². The molecule has 0 saturated carbocycles. The Morgan fingerprint density at radius 1 is 1.33 bits per heavy atom. The van der Waals surface area contributed by atoms with Crippen LogP contribution < -0.4 is 0 Å². The number of ether oxygens (including phenoxy) is 1. The van der Waals surface area contributed by atoms with Crippen LogP contribution in [0.1, 0.15) is 37.9 Å². The molecule has 2 aliphatic heterocycles. The van der Waals surface area contributed by atoms with Crippen molar-refractivity contribution in [2.75, 3.05) is 26.3 Å². The number of rotatable bonds is 3. The molecule has 0 amide bonds. The maximum absolute atomic E-state index is 12.5. The van der Waals surface area contributed by atoms with E-state index in [4.69, 9.17) is 9.26 Å². The Morgan fingerprint density at radius 2 is 2.04 bits per heavy atom. The lowest BCUT2D eigenvalue weighted by Gasteiger charge is -2.48. The van der Waals surface area contributed by atoms with E-state index in [0.717, 1.165) is 12.8 Å². The fourth-order valence-corrected chi connectivity index (χ4v) is 3.79. The summed E-state index contributed by atoms with van der Waals surface area (Å²) < 4.78 is 47.6. The Labute approximate surface area is 138 Å². The Balaban J connectivity index is 1.60. The van der Waals surface area contributed by atoms with Gasteiger partial charge in [0.05, 0.1) is 12.1 Å². The first-order chi connectivity index (χ1) is 11.3. The molecule has 2 aliphatic rings. The Kier molecular flexibility index (Phi) is 4.85. The van der Waals surface area contributed by atoms with E-state index in [2.05, 4.69) is 10.1 Å². The van der Waals surface area contributed by atoms with Gasteiger partial charge in [0, 0.05) is 26.3 Å². The minimum atomic E-state index is -4.60. The maximum Gasteiger partial charge on any atom is 0.455 e. The van der Waals surface area contributed by atoms with Gasteiger partial charge in [-0.15, -0.1) is 0 Å². The van der Waals surface area contributed by atoms with Crippen LogP contribution in [0.25, 0.3) is 0 Å². The smallest absolute Gasteiger partial charge is 0.389 e. The summed E-state index contributed by atoms with van der Waals surface area (Å²) in [6, 6.07) is 0. The number of alkyl halides is 3. The molecule has 1 aromatic heterocycles. The number of hydrogen-bond acceptors (Lipinski definition) is 6. The van der Waals surface area contributed by atoms with Gasteiger partial charge in [0.1, 0.15) is 0 Å². The van der Waals surface area contributed by atoms with E-state index in [1.807, 2.05) is 11.8 Å². The quantitative estimate of drug-likeness (QED) is 0.901. The van der Waals surface area contributed by atoms with Gasteiger partial charge in [0.25, 0.3) is 5.82 Å². The molecule has 3 rings (SSSR count). The monoisotopic (exact) mass is 349 g/mol. The fraction of sp³-hybridized carbons (Fsp3) is 0.867. The minimum Gasteiger partial charge on any atom is -0.389 e. The molecule has 2 unspecified atom stereocenters. The van der Waals surface area contributed by atoms with Crippen LogP contribution in [0.3, 0.4) is 0 Å². The minimum absolute atomic E-state index is 0.0133. The van der Waals surface area contributed by atoms with Gasteiger partial charge < -0.3 is 14.4 Å². The summed E-state index contributed by atoms with van der Waals surface area (Å²) >= 11 is 0. The highest BCUT2D eigenvalue weighted by atomic mass is 19.4. The average molecular weight is 349 g/mol. The van der Waals surface area contributed by atoms with Crippen molar-refractivity contribution in [3.05, 3.63) is 11.7 Å². The van der Waals surface area contributed by atoms with Crippen LogP contribution in [0.15, 0.2) is 4.52 Å². The van der Waals surface area contributed by atoms with Crippen molar-refractivity contribution in [1.82, 2.24) is 15.0 Å². The van der Waals surface area contributed by atoms with Gasteiger partial charge in [-0.3, -0.25) is 4.90 Å². The SMILES string of the molecule is CC1CN(Cc2nc(C(F)(F)F)no2)CCC1(O)C1CCOCC1. The molecule has 1 aromatic rings. The summed E-state index contributed by atoms with van der Waals surface area (Å²) in [5.41, 5.74) is -0.744. The molecule has 2 fully saturated rings. The number of aromatic nitrogens is 2. The summed E-state index contributed by atoms with van der Waals surface area (Å²) in [5, 5.41) is 14.0. The summed E-state index contributed by atoms with van der Waals surface area (Å²) in [7, 11) is 0. The van der Waals surface area contributed by atoms with Crippen LogP contribution in [-0.4, -0.2) is 52.1 Å². The van der Waals surface area contributed by atoms with Gasteiger partial charge in [0.2, 0.25) is 5.89 Å². The predicted octanol–water partition coefficient (Wildman–Crippen LogP) is 2.09. The molecule has 9 heteroatoms. The molecule has 24 heavy (non-hydrogen) atoms. The van der Waals surface area contributed by atoms with E-state index in [-0.39, 0.29) is 24.3 Å². The Morgan fingerprint density at radius 3 is 2.62 bits per heavy atom. The van der Waals surface area contributed by atoms with Crippen molar-refractivity contribution in [1.29, 1.82) is 0 Å². The zero-order chi connectivity index (χ0) is 17.4. The molecule has 2 saturated heterocycles. The first-order valence-corrected chi connectivity index (χ1v) is 8.21. The third kappa shape index (κ3) is 3.57. The molecule has 6 nitrogen and oxygen atoms in total. The van der Waals surface area contributed by atoms with Crippen LogP contribution in [0.5, 0.6) is 0 Å². The number of likely N-dealkylation sites (tertiary alicyclic amines) is 1. The van der Waals surface area contributed by atoms with Gasteiger partial charge in [-0.25, -0.2) is 0 Å². The lowest BCUT2D eigenvalue weighted by Crippen LogP contribution is -2.55. The molecule has 2 atom stereocenters. The third-order valence-electron chi connectivity index (χ3n) is 5.22. The number of halogens is 3. The zero-order valence-corrected chi connectivity index (χ0v) is 13.6. The molecular weight excluding hydrogens is 327 g/mol. The third-order valence-corrected chi connectivity index (χ3v) is 5.22. The molecule has 0 spiro atoms. The highest BCUT2D eigenvalue weighted by molar-refractivity contribution is 4.98. The van der Waals surface area contributed by atoms with Gasteiger partial charge in [-0.05, 0) is 31.1 Å². The number of nitrogens with zero attached hydrogens (tertiary/aromatic N) is 3. The maximum atomic E-state index is 12.5. The van der Waals surface area contributed by atoms with Crippen molar-refractivity contribution in [2.45, 2.75) is 44.5 Å². The van der Waals surface area contributed by atoms with Crippen LogP contribution in [0.4, 0.5) is 13.2 Å². The number of aliphatic hydroxyl groups is 1. The highest BCUT2D eigenvalue weighted by Crippen LogP contribution is 2.39. The summed E-state index contributed by atoms with van der Waals surface area (Å²) in [5.74, 6) is -1.07. The highest BCUT2D eigenvalue weighted by Gasteiger charge is 2.45. The van der Waals surface area contributed by atoms with E-state index in [1.165, 1.54) is 0 Å². The second-order valence-corrected chi connectivity index (χ2v) is 6.77. The molecule has 0 aliphatic carbocycles. The molecule has 0 radical (unpaired) electrons. The molecule has 1 N–H and O–H groups in total. The standard InChI is InChI=1S/C15H22F3N3O3/c1-10-8-21(9-12-19-13(20-24-12)15(16,17)18)5-4-14(10,22)11-2-6-23-7-3-11/h10-11,22H,2-9H2,1H3. The van der Waals surface area contributed by atoms with Crippen LogP contribution in [-0.2, 0) is 17.5 Å². The Hall–Kier alpha value is -1.19. The fourth-order valence-electron chi connectivity index (χ4n) is 3.79. The predicted molar refractivity (Wildman–Crippen MR) is 76.9 cm³/mol. The van der Waals surface area contributed by atoms with Crippen molar-refractivity contribution in [3.8, 4) is 0 Å². The van der Waals surface area contributed by atoms with Crippen LogP contribution in [0.2, 0.25) is 0 Å². The first-order valence-electron chi connectivity index (χ1n) is 8.21. The van der Waals surface area contributed by atoms with Gasteiger partial charge in [-0.1, -0.05) is 12.1 Å². The molecule has 3 heterocycles. The molecule has 136 valence electrons. The topological polar surface area (TPSA) is 71.6 Å². The molecular formula is C15H22F3N3O3. The Bertz CT molecular complexity index is 560. The van der Waals surface area contributed by atoms with Crippen molar-refractivity contribution in [3.63, 3.8) is 0 Å².